The Morgan fingerprint density at radius 1 is 1.04 bits per heavy atom. The molecule has 11 heteroatoms. The third-order valence-electron chi connectivity index (χ3n) is 8.48. The van der Waals surface area contributed by atoms with Gasteiger partial charge in [-0.25, -0.2) is 9.18 Å². The minimum Gasteiger partial charge on any atom is -0.459 e. The first-order valence-corrected chi connectivity index (χ1v) is 16.3. The van der Waals surface area contributed by atoms with Gasteiger partial charge in [-0.05, 0) is 74.1 Å². The molecule has 2 aliphatic heterocycles. The lowest BCUT2D eigenvalue weighted by Crippen LogP contribution is -2.51. The van der Waals surface area contributed by atoms with Gasteiger partial charge in [0.1, 0.15) is 24.1 Å². The molecule has 254 valence electrons. The van der Waals surface area contributed by atoms with Crippen molar-refractivity contribution in [1.29, 1.82) is 0 Å². The molecule has 2 N–H and O–H groups in total. The highest BCUT2D eigenvalue weighted by atomic mass is 35.5. The van der Waals surface area contributed by atoms with Crippen LogP contribution in [0.15, 0.2) is 54.6 Å². The predicted molar refractivity (Wildman–Crippen MR) is 175 cm³/mol. The van der Waals surface area contributed by atoms with Crippen LogP contribution in [0.3, 0.4) is 0 Å². The first-order chi connectivity index (χ1) is 22.1. The zero-order chi connectivity index (χ0) is 34.5. The number of amides is 2. The van der Waals surface area contributed by atoms with Gasteiger partial charge in [0, 0.05) is 30.3 Å². The fourth-order valence-corrected chi connectivity index (χ4v) is 5.64. The summed E-state index contributed by atoms with van der Waals surface area (Å²) in [6.45, 7) is 10.6. The van der Waals surface area contributed by atoms with Crippen LogP contribution in [-0.4, -0.2) is 54.7 Å². The molecular weight excluding hydrogens is 627 g/mol. The van der Waals surface area contributed by atoms with E-state index >= 15 is 0 Å². The summed E-state index contributed by atoms with van der Waals surface area (Å²) in [4.78, 5) is 53.5. The van der Waals surface area contributed by atoms with E-state index in [2.05, 4.69) is 10.6 Å². The molecule has 0 aromatic heterocycles. The number of halogens is 2. The van der Waals surface area contributed by atoms with Gasteiger partial charge in [-0.15, -0.1) is 0 Å². The highest BCUT2D eigenvalue weighted by Gasteiger charge is 2.48. The lowest BCUT2D eigenvalue weighted by molar-refractivity contribution is -0.179. The molecule has 2 aliphatic rings. The Kier molecular flexibility index (Phi) is 11.8. The van der Waals surface area contributed by atoms with E-state index in [0.29, 0.717) is 10.6 Å². The van der Waals surface area contributed by atoms with Crippen LogP contribution in [0.25, 0.3) is 0 Å². The summed E-state index contributed by atoms with van der Waals surface area (Å²) in [5.74, 6) is -3.16. The molecule has 0 spiro atoms. The van der Waals surface area contributed by atoms with Crippen molar-refractivity contribution in [3.63, 3.8) is 0 Å². The molecule has 4 rings (SSSR count). The van der Waals surface area contributed by atoms with Crippen molar-refractivity contribution < 1.29 is 37.8 Å². The molecule has 0 unspecified atom stereocenters. The number of nitrogens with one attached hydrogen (secondary N) is 2. The van der Waals surface area contributed by atoms with Crippen LogP contribution in [0, 0.1) is 30.0 Å². The average molecular weight is 671 g/mol. The fraction of sp³-hybridized carbons (Fsp3) is 0.500. The maximum atomic E-state index is 13.9. The van der Waals surface area contributed by atoms with Crippen molar-refractivity contribution in [3.8, 4) is 0 Å². The Balaban J connectivity index is 1.61. The van der Waals surface area contributed by atoms with Crippen molar-refractivity contribution in [2.75, 3.05) is 6.54 Å². The van der Waals surface area contributed by atoms with Gasteiger partial charge in [-0.3, -0.25) is 14.4 Å². The number of rotatable bonds is 7. The molecule has 2 aromatic carbocycles. The van der Waals surface area contributed by atoms with Crippen LogP contribution < -0.4 is 10.6 Å². The van der Waals surface area contributed by atoms with E-state index in [1.807, 2.05) is 39.8 Å². The normalized spacial score (nSPS) is 26.9. The zero-order valence-corrected chi connectivity index (χ0v) is 28.4. The lowest BCUT2D eigenvalue weighted by atomic mass is 9.92. The number of hydrogen-bond acceptors (Lipinski definition) is 7. The van der Waals surface area contributed by atoms with Crippen molar-refractivity contribution in [1.82, 2.24) is 10.6 Å². The molecule has 0 radical (unpaired) electrons. The van der Waals surface area contributed by atoms with Crippen LogP contribution >= 0.6 is 11.6 Å². The van der Waals surface area contributed by atoms with E-state index in [9.17, 15) is 23.6 Å². The van der Waals surface area contributed by atoms with Crippen LogP contribution in [0.5, 0.6) is 0 Å². The molecule has 2 aromatic rings. The van der Waals surface area contributed by atoms with Gasteiger partial charge >= 0.3 is 11.9 Å². The zero-order valence-electron chi connectivity index (χ0n) is 27.7. The average Bonchev–Trinajstić information content (AvgIpc) is 3.80. The number of benzene rings is 2. The SMILES string of the molecule is Cc1ccc(C[C@H]2NC(=O)/C=C/C[C@@H]([C@H](C)[C@H]3O[C@@H]3c3cccc(F)c3)OC(=O)[C@H](CC(C)C)OC(=O)C(C)(C)CNC2=O)cc1Cl. The number of carbonyl (C=O) groups excluding carboxylic acids is 4. The largest absolute Gasteiger partial charge is 0.459 e. The van der Waals surface area contributed by atoms with Crippen LogP contribution in [-0.2, 0) is 39.8 Å². The topological polar surface area (TPSA) is 123 Å². The Hall–Kier alpha value is -3.76. The third kappa shape index (κ3) is 9.87. The van der Waals surface area contributed by atoms with E-state index in [0.717, 1.165) is 11.1 Å². The number of aryl methyl sites for hydroxylation is 1. The summed E-state index contributed by atoms with van der Waals surface area (Å²) >= 11 is 6.32. The molecule has 1 fully saturated rings. The van der Waals surface area contributed by atoms with Crippen molar-refractivity contribution >= 4 is 35.4 Å². The second-order valence-electron chi connectivity index (χ2n) is 13.5. The quantitative estimate of drug-likeness (QED) is 0.292. The van der Waals surface area contributed by atoms with E-state index in [1.165, 1.54) is 18.2 Å². The van der Waals surface area contributed by atoms with E-state index < -0.39 is 47.4 Å². The molecule has 2 heterocycles. The van der Waals surface area contributed by atoms with Gasteiger partial charge in [0.15, 0.2) is 6.10 Å². The molecule has 0 saturated carbocycles. The molecule has 9 nitrogen and oxygen atoms in total. The highest BCUT2D eigenvalue weighted by Crippen LogP contribution is 2.45. The van der Waals surface area contributed by atoms with Gasteiger partial charge in [0.25, 0.3) is 0 Å². The number of ether oxygens (including phenoxy) is 3. The van der Waals surface area contributed by atoms with Gasteiger partial charge in [0.05, 0.1) is 11.5 Å². The Morgan fingerprint density at radius 3 is 2.47 bits per heavy atom. The van der Waals surface area contributed by atoms with E-state index in [-0.39, 0.29) is 55.7 Å². The summed E-state index contributed by atoms with van der Waals surface area (Å²) in [7, 11) is 0. The van der Waals surface area contributed by atoms with Crippen molar-refractivity contribution in [2.24, 2.45) is 17.3 Å². The summed E-state index contributed by atoms with van der Waals surface area (Å²) in [6, 6.07) is 10.6. The Morgan fingerprint density at radius 2 is 1.79 bits per heavy atom. The van der Waals surface area contributed by atoms with Crippen LogP contribution in [0.1, 0.15) is 70.3 Å². The molecule has 0 bridgehead atoms. The second-order valence-corrected chi connectivity index (χ2v) is 13.9. The molecule has 0 aliphatic carbocycles. The lowest BCUT2D eigenvalue weighted by Gasteiger charge is -2.29. The predicted octanol–water partition coefficient (Wildman–Crippen LogP) is 5.56. The number of carbonyl (C=O) groups is 4. The Bertz CT molecular complexity index is 1510. The third-order valence-corrected chi connectivity index (χ3v) is 8.88. The summed E-state index contributed by atoms with van der Waals surface area (Å²) < 4.78 is 31.5. The van der Waals surface area contributed by atoms with Crippen LogP contribution in [0.2, 0.25) is 5.02 Å². The molecule has 2 amide bonds. The van der Waals surface area contributed by atoms with Crippen molar-refractivity contribution in [3.05, 3.63) is 82.1 Å². The maximum Gasteiger partial charge on any atom is 0.347 e. The number of cyclic esters (lactones) is 2. The molecule has 1 saturated heterocycles. The summed E-state index contributed by atoms with van der Waals surface area (Å²) in [5.41, 5.74) is 1.08. The first-order valence-electron chi connectivity index (χ1n) is 16.0. The van der Waals surface area contributed by atoms with Crippen molar-refractivity contribution in [2.45, 2.75) is 91.3 Å². The monoisotopic (exact) mass is 670 g/mol. The Labute approximate surface area is 280 Å². The van der Waals surface area contributed by atoms with Crippen LogP contribution in [0.4, 0.5) is 4.39 Å². The molecule has 47 heavy (non-hydrogen) atoms. The first kappa shape index (κ1) is 36.1. The fourth-order valence-electron chi connectivity index (χ4n) is 5.43. The summed E-state index contributed by atoms with van der Waals surface area (Å²) in [6.07, 6.45) is 0.671. The van der Waals surface area contributed by atoms with Gasteiger partial charge in [-0.1, -0.05) is 62.7 Å². The van der Waals surface area contributed by atoms with E-state index in [1.54, 1.807) is 38.1 Å². The molecular formula is C36H44ClFN2O7. The maximum absolute atomic E-state index is 13.9. The van der Waals surface area contributed by atoms with Gasteiger partial charge < -0.3 is 24.8 Å². The minimum atomic E-state index is -1.21. The number of esters is 2. The van der Waals surface area contributed by atoms with Gasteiger partial charge in [-0.2, -0.15) is 0 Å². The highest BCUT2D eigenvalue weighted by molar-refractivity contribution is 6.31. The standard InChI is InChI=1S/C36H44ClFN2O7/c1-20(2)15-29-34(43)45-28(22(4)31-32(47-31)24-9-7-10-25(38)18-24)11-8-12-30(41)40-27(17-23-14-13-21(3)26(37)16-23)33(42)39-19-36(5,6)35(44)46-29/h7-10,12-14,16,18,20,22,27-29,31-32H,11,15,17,19H2,1-6H3,(H,39,42)(H,40,41)/b12-8+/t22-,27+,28-,29-,31+,32+/m0/s1. The second kappa shape index (κ2) is 15.4. The number of epoxide rings is 1. The smallest absolute Gasteiger partial charge is 0.347 e. The molecule has 6 atom stereocenters. The van der Waals surface area contributed by atoms with E-state index in [4.69, 9.17) is 25.8 Å². The van der Waals surface area contributed by atoms with Gasteiger partial charge in [0.2, 0.25) is 11.8 Å². The number of hydrogen-bond donors (Lipinski definition) is 2. The minimum absolute atomic E-state index is 0.00613. The summed E-state index contributed by atoms with van der Waals surface area (Å²) in [5, 5.41) is 6.06.